The number of rotatable bonds is 6. The fourth-order valence-electron chi connectivity index (χ4n) is 2.96. The van der Waals surface area contributed by atoms with Crippen molar-refractivity contribution in [2.24, 2.45) is 0 Å². The van der Waals surface area contributed by atoms with E-state index in [1.807, 2.05) is 24.3 Å². The molecule has 1 aliphatic rings. The summed E-state index contributed by atoms with van der Waals surface area (Å²) < 4.78 is 14.2. The van der Waals surface area contributed by atoms with Crippen molar-refractivity contribution in [1.82, 2.24) is 0 Å². The molecule has 1 aliphatic heterocycles. The molecule has 0 fully saturated rings. The van der Waals surface area contributed by atoms with Crippen molar-refractivity contribution >= 4 is 17.7 Å². The molecule has 0 aliphatic carbocycles. The maximum atomic E-state index is 5.97. The quantitative estimate of drug-likeness (QED) is 0.727. The van der Waals surface area contributed by atoms with E-state index >= 15 is 0 Å². The van der Waals surface area contributed by atoms with Crippen LogP contribution in [0.4, 0.5) is 11.4 Å². The number of anilines is 1. The molecule has 0 spiro atoms. The Morgan fingerprint density at radius 1 is 0.840 bits per heavy atom. The maximum Gasteiger partial charge on any atom is 0.245 e. The van der Waals surface area contributed by atoms with Crippen LogP contribution in [0.5, 0.6) is 11.5 Å². The van der Waals surface area contributed by atoms with Crippen LogP contribution in [-0.2, 0) is 0 Å². The fourth-order valence-corrected chi connectivity index (χ4v) is 2.96. The first-order valence-electron chi connectivity index (χ1n) is 8.94. The van der Waals surface area contributed by atoms with E-state index < -0.39 is 0 Å². The first-order valence-corrected chi connectivity index (χ1v) is 8.94. The Kier molecular flexibility index (Phi) is 5.27. The van der Waals surface area contributed by atoms with Gasteiger partial charge < -0.3 is 9.47 Å². The molecule has 3 rings (SSSR count). The summed E-state index contributed by atoms with van der Waals surface area (Å²) in [6, 6.07) is 16.4. The van der Waals surface area contributed by atoms with Crippen molar-refractivity contribution in [1.29, 1.82) is 0 Å². The van der Waals surface area contributed by atoms with Crippen LogP contribution in [0, 0.1) is 0 Å². The van der Waals surface area contributed by atoms with Gasteiger partial charge in [-0.05, 0) is 52.0 Å². The first kappa shape index (κ1) is 17.3. The molecule has 1 heterocycles. The minimum atomic E-state index is 0.153. The number of hydrogen-bond donors (Lipinski definition) is 0. The molecule has 0 amide bonds. The molecule has 0 unspecified atom stereocenters. The van der Waals surface area contributed by atoms with Crippen LogP contribution in [0.3, 0.4) is 0 Å². The highest BCUT2D eigenvalue weighted by Gasteiger charge is 2.27. The molecule has 0 radical (unpaired) electrons. The van der Waals surface area contributed by atoms with Gasteiger partial charge in [-0.3, -0.25) is 0 Å². The summed E-state index contributed by atoms with van der Waals surface area (Å²) in [5, 5.41) is 0. The Labute approximate surface area is 150 Å². The van der Waals surface area contributed by atoms with Crippen LogP contribution in [0.25, 0.3) is 0 Å². The predicted molar refractivity (Wildman–Crippen MR) is 103 cm³/mol. The summed E-state index contributed by atoms with van der Waals surface area (Å²) in [6.07, 6.45) is 2.45. The van der Waals surface area contributed by atoms with E-state index in [-0.39, 0.29) is 12.2 Å². The highest BCUT2D eigenvalue weighted by atomic mass is 16.5. The Morgan fingerprint density at radius 2 is 1.44 bits per heavy atom. The zero-order valence-corrected chi connectivity index (χ0v) is 15.5. The topological polar surface area (TPSA) is 24.7 Å². The Hall–Kier alpha value is -2.49. The minimum absolute atomic E-state index is 0.153. The first-order chi connectivity index (χ1) is 12.0. The molecule has 4 heteroatoms. The fraction of sp³-hybridized carbons (Fsp3) is 0.381. The molecule has 132 valence electrons. The smallest absolute Gasteiger partial charge is 0.245 e. The van der Waals surface area contributed by atoms with E-state index in [4.69, 9.17) is 9.47 Å². The lowest BCUT2D eigenvalue weighted by atomic mass is 10.2. The lowest BCUT2D eigenvalue weighted by Gasteiger charge is -2.15. The van der Waals surface area contributed by atoms with E-state index in [1.165, 1.54) is 0 Å². The highest BCUT2D eigenvalue weighted by Crippen LogP contribution is 2.32. The van der Waals surface area contributed by atoms with E-state index in [1.54, 1.807) is 0 Å². The van der Waals surface area contributed by atoms with Crippen molar-refractivity contribution in [3.63, 3.8) is 0 Å². The Morgan fingerprint density at radius 3 is 2.16 bits per heavy atom. The molecule has 0 saturated carbocycles. The lowest BCUT2D eigenvalue weighted by molar-refractivity contribution is -0.424. The van der Waals surface area contributed by atoms with Crippen LogP contribution in [-0.4, -0.2) is 36.2 Å². The molecule has 0 N–H and O–H groups in total. The van der Waals surface area contributed by atoms with Gasteiger partial charge in [-0.1, -0.05) is 24.3 Å². The molecule has 2 aromatic rings. The molecule has 2 aromatic carbocycles. The predicted octanol–water partition coefficient (Wildman–Crippen LogP) is 4.45. The monoisotopic (exact) mass is 339 g/mol. The van der Waals surface area contributed by atoms with E-state index in [0.717, 1.165) is 36.0 Å². The summed E-state index contributed by atoms with van der Waals surface area (Å²) in [7, 11) is 0. The largest absolute Gasteiger partial charge is 0.487 e. The van der Waals surface area contributed by atoms with Gasteiger partial charge in [-0.25, -0.2) is 9.48 Å². The van der Waals surface area contributed by atoms with Crippen LogP contribution in [0.1, 0.15) is 27.7 Å². The van der Waals surface area contributed by atoms with Crippen molar-refractivity contribution in [3.8, 4) is 11.5 Å². The minimum Gasteiger partial charge on any atom is -0.487 e. The number of nitrogens with zero attached hydrogens (tertiary/aromatic N) is 2. The van der Waals surface area contributed by atoms with Crippen molar-refractivity contribution < 1.29 is 14.0 Å². The summed E-state index contributed by atoms with van der Waals surface area (Å²) in [4.78, 5) is 2.24. The van der Waals surface area contributed by atoms with Crippen molar-refractivity contribution in [2.45, 2.75) is 39.9 Å². The molecule has 4 nitrogen and oxygen atoms in total. The highest BCUT2D eigenvalue weighted by molar-refractivity contribution is 5.81. The second-order valence-corrected chi connectivity index (χ2v) is 6.77. The number of ether oxygens (including phenoxy) is 2. The third-order valence-corrected chi connectivity index (χ3v) is 3.94. The third kappa shape index (κ3) is 4.13. The van der Waals surface area contributed by atoms with Crippen molar-refractivity contribution in [2.75, 3.05) is 18.0 Å². The normalized spacial score (nSPS) is 14.2. The molecule has 0 bridgehead atoms. The number of hydrogen-bond acceptors (Lipinski definition) is 3. The second-order valence-electron chi connectivity index (χ2n) is 6.77. The van der Waals surface area contributed by atoms with Crippen LogP contribution in [0.2, 0.25) is 0 Å². The van der Waals surface area contributed by atoms with Gasteiger partial charge >= 0.3 is 0 Å². The van der Waals surface area contributed by atoms with E-state index in [9.17, 15) is 0 Å². The summed E-state index contributed by atoms with van der Waals surface area (Å²) in [6.45, 7) is 10.0. The van der Waals surface area contributed by atoms with Gasteiger partial charge in [0.2, 0.25) is 6.34 Å². The maximum absolute atomic E-state index is 5.97. The van der Waals surface area contributed by atoms with Gasteiger partial charge in [-0.15, -0.1) is 0 Å². The van der Waals surface area contributed by atoms with Crippen LogP contribution >= 0.6 is 0 Å². The summed E-state index contributed by atoms with van der Waals surface area (Å²) in [5.74, 6) is 1.84. The molecule has 0 saturated heterocycles. The number of benzene rings is 2. The Balaban J connectivity index is 1.89. The van der Waals surface area contributed by atoms with E-state index in [2.05, 4.69) is 67.8 Å². The average molecular weight is 339 g/mol. The summed E-state index contributed by atoms with van der Waals surface area (Å²) in [5.41, 5.74) is 2.20. The van der Waals surface area contributed by atoms with Gasteiger partial charge in [0.15, 0.2) is 22.9 Å². The van der Waals surface area contributed by atoms with Gasteiger partial charge in [0.05, 0.1) is 12.2 Å². The van der Waals surface area contributed by atoms with E-state index in [0.29, 0.717) is 0 Å². The van der Waals surface area contributed by atoms with Crippen LogP contribution < -0.4 is 14.4 Å². The second kappa shape index (κ2) is 7.60. The molecular formula is C21H27N2O2+. The standard InChI is InChI=1S/C21H27N2O2/c1-16(2)24-20-11-7-5-9-18(20)22-13-14-23(15-22)19-10-6-8-12-21(19)25-17(3)4/h5-12,15-17H,13-14H2,1-4H3/q+1. The third-order valence-electron chi connectivity index (χ3n) is 3.94. The lowest BCUT2D eigenvalue weighted by Crippen LogP contribution is -2.20. The van der Waals surface area contributed by atoms with Crippen molar-refractivity contribution in [3.05, 3.63) is 48.5 Å². The molecule has 0 aromatic heterocycles. The van der Waals surface area contributed by atoms with Gasteiger partial charge in [0.25, 0.3) is 0 Å². The number of para-hydroxylation sites is 4. The molecule has 0 atom stereocenters. The zero-order chi connectivity index (χ0) is 17.8. The molecular weight excluding hydrogens is 312 g/mol. The zero-order valence-electron chi connectivity index (χ0n) is 15.5. The average Bonchev–Trinajstić information content (AvgIpc) is 3.04. The summed E-state index contributed by atoms with van der Waals surface area (Å²) >= 11 is 0. The van der Waals surface area contributed by atoms with Crippen LogP contribution in [0.15, 0.2) is 48.5 Å². The van der Waals surface area contributed by atoms with Gasteiger partial charge in [0.1, 0.15) is 13.1 Å². The van der Waals surface area contributed by atoms with Gasteiger partial charge in [-0.2, -0.15) is 0 Å². The van der Waals surface area contributed by atoms with Gasteiger partial charge in [0, 0.05) is 0 Å². The molecule has 25 heavy (non-hydrogen) atoms. The Bertz CT molecular complexity index is 753. The SMILES string of the molecule is CC(C)Oc1ccccc1N1C=[N+](c2ccccc2OC(C)C)CC1.